The van der Waals surface area contributed by atoms with Crippen LogP contribution < -0.4 is 14.8 Å². The molecule has 130 valence electrons. The predicted octanol–water partition coefficient (Wildman–Crippen LogP) is 3.17. The fraction of sp³-hybridized carbons (Fsp3) is 0.556. The second-order valence-corrected chi connectivity index (χ2v) is 6.75. The van der Waals surface area contributed by atoms with Crippen molar-refractivity contribution in [3.63, 3.8) is 0 Å². The molecular weight excluding hydrogens is 310 g/mol. The van der Waals surface area contributed by atoms with Crippen LogP contribution in [0.3, 0.4) is 0 Å². The fourth-order valence-electron chi connectivity index (χ4n) is 4.25. The number of methoxy groups -OCH3 is 2. The van der Waals surface area contributed by atoms with Crippen LogP contribution in [-0.2, 0) is 4.79 Å². The largest absolute Gasteiger partial charge is 0.493 e. The van der Waals surface area contributed by atoms with Crippen molar-refractivity contribution in [1.29, 1.82) is 0 Å². The number of benzene rings is 1. The van der Waals surface area contributed by atoms with Crippen molar-refractivity contribution in [3.05, 3.63) is 17.7 Å². The number of ether oxygens (including phenoxy) is 2. The number of fused-ring (bicyclic) bond motifs is 2. The molecule has 0 aliphatic heterocycles. The summed E-state index contributed by atoms with van der Waals surface area (Å²) in [6.45, 7) is 0. The third-order valence-electron chi connectivity index (χ3n) is 5.33. The zero-order valence-corrected chi connectivity index (χ0v) is 14.0. The summed E-state index contributed by atoms with van der Waals surface area (Å²) >= 11 is 0. The standard InChI is InChI=1S/C18H23NO5/c1-23-15-8-13(18(21)22)7-14(17(15)24-2)19-16(20)9-12-6-10-3-4-11(12)5-10/h7-8,10-12H,3-6,9H2,1-2H3,(H,19,20)(H,21,22). The number of carbonyl (C=O) groups excluding carboxylic acids is 1. The molecule has 2 N–H and O–H groups in total. The lowest BCUT2D eigenvalue weighted by atomic mass is 9.86. The molecule has 6 nitrogen and oxygen atoms in total. The van der Waals surface area contributed by atoms with Gasteiger partial charge in [0.05, 0.1) is 25.5 Å². The highest BCUT2D eigenvalue weighted by molar-refractivity contribution is 5.96. The SMILES string of the molecule is COc1cc(C(=O)O)cc(NC(=O)CC2CC3CCC2C3)c1OC. The average molecular weight is 333 g/mol. The van der Waals surface area contributed by atoms with E-state index in [1.807, 2.05) is 0 Å². The first-order valence-corrected chi connectivity index (χ1v) is 8.31. The van der Waals surface area contributed by atoms with Gasteiger partial charge in [-0.15, -0.1) is 0 Å². The number of aromatic carboxylic acids is 1. The Balaban J connectivity index is 1.76. The maximum atomic E-state index is 12.4. The number of carboxylic acid groups (broad SMARTS) is 1. The quantitative estimate of drug-likeness (QED) is 0.835. The molecule has 3 atom stereocenters. The van der Waals surface area contributed by atoms with Gasteiger partial charge in [0.2, 0.25) is 5.91 Å². The van der Waals surface area contributed by atoms with Crippen molar-refractivity contribution in [2.75, 3.05) is 19.5 Å². The maximum absolute atomic E-state index is 12.4. The van der Waals surface area contributed by atoms with Crippen LogP contribution in [0.4, 0.5) is 5.69 Å². The summed E-state index contributed by atoms with van der Waals surface area (Å²) in [7, 11) is 2.90. The van der Waals surface area contributed by atoms with Crippen LogP contribution in [0.1, 0.15) is 42.5 Å². The van der Waals surface area contributed by atoms with Crippen LogP contribution in [0, 0.1) is 17.8 Å². The maximum Gasteiger partial charge on any atom is 0.335 e. The molecule has 1 aromatic carbocycles. The van der Waals surface area contributed by atoms with E-state index in [1.54, 1.807) is 0 Å². The summed E-state index contributed by atoms with van der Waals surface area (Å²) in [4.78, 5) is 23.7. The monoisotopic (exact) mass is 333 g/mol. The topological polar surface area (TPSA) is 84.9 Å². The first-order chi connectivity index (χ1) is 11.5. The Morgan fingerprint density at radius 3 is 2.54 bits per heavy atom. The Morgan fingerprint density at radius 1 is 1.21 bits per heavy atom. The van der Waals surface area contributed by atoms with E-state index >= 15 is 0 Å². The highest BCUT2D eigenvalue weighted by Gasteiger charge is 2.40. The first-order valence-electron chi connectivity index (χ1n) is 8.31. The van der Waals surface area contributed by atoms with Gasteiger partial charge in [-0.25, -0.2) is 4.79 Å². The lowest BCUT2D eigenvalue weighted by Gasteiger charge is -2.21. The minimum atomic E-state index is -1.08. The molecule has 2 saturated carbocycles. The zero-order valence-electron chi connectivity index (χ0n) is 14.0. The Labute approximate surface area is 141 Å². The number of nitrogens with one attached hydrogen (secondary N) is 1. The van der Waals surface area contributed by atoms with E-state index in [2.05, 4.69) is 5.32 Å². The number of anilines is 1. The van der Waals surface area contributed by atoms with E-state index in [1.165, 1.54) is 45.6 Å². The summed E-state index contributed by atoms with van der Waals surface area (Å²) < 4.78 is 10.5. The summed E-state index contributed by atoms with van der Waals surface area (Å²) in [6, 6.07) is 2.79. The molecule has 0 aromatic heterocycles. The number of hydrogen-bond acceptors (Lipinski definition) is 4. The molecule has 6 heteroatoms. The van der Waals surface area contributed by atoms with Gasteiger partial charge in [-0.1, -0.05) is 6.42 Å². The van der Waals surface area contributed by atoms with Gasteiger partial charge in [0, 0.05) is 6.42 Å². The van der Waals surface area contributed by atoms with E-state index in [4.69, 9.17) is 9.47 Å². The number of carbonyl (C=O) groups is 2. The number of carboxylic acids is 1. The van der Waals surface area contributed by atoms with Crippen molar-refractivity contribution in [2.45, 2.75) is 32.1 Å². The van der Waals surface area contributed by atoms with Gasteiger partial charge >= 0.3 is 5.97 Å². The second-order valence-electron chi connectivity index (χ2n) is 6.75. The highest BCUT2D eigenvalue weighted by Crippen LogP contribution is 2.49. The van der Waals surface area contributed by atoms with Crippen molar-refractivity contribution in [2.24, 2.45) is 17.8 Å². The summed E-state index contributed by atoms with van der Waals surface area (Å²) in [6.07, 6.45) is 5.39. The smallest absolute Gasteiger partial charge is 0.335 e. The van der Waals surface area contributed by atoms with Crippen LogP contribution in [0.25, 0.3) is 0 Å². The molecule has 2 aliphatic carbocycles. The van der Waals surface area contributed by atoms with Gasteiger partial charge in [0.25, 0.3) is 0 Å². The number of hydrogen-bond donors (Lipinski definition) is 2. The molecule has 1 amide bonds. The van der Waals surface area contributed by atoms with Crippen LogP contribution in [0.15, 0.2) is 12.1 Å². The van der Waals surface area contributed by atoms with Crippen molar-refractivity contribution in [3.8, 4) is 11.5 Å². The van der Waals surface area contributed by atoms with Crippen molar-refractivity contribution in [1.82, 2.24) is 0 Å². The fourth-order valence-corrected chi connectivity index (χ4v) is 4.25. The van der Waals surface area contributed by atoms with Crippen molar-refractivity contribution >= 4 is 17.6 Å². The second kappa shape index (κ2) is 6.71. The summed E-state index contributed by atoms with van der Waals surface area (Å²) in [5.74, 6) is 1.34. The van der Waals surface area contributed by atoms with E-state index in [-0.39, 0.29) is 17.2 Å². The van der Waals surface area contributed by atoms with Crippen LogP contribution >= 0.6 is 0 Å². The minimum absolute atomic E-state index is 0.0443. The molecule has 3 unspecified atom stereocenters. The summed E-state index contributed by atoms with van der Waals surface area (Å²) in [5, 5.41) is 12.0. The van der Waals surface area contributed by atoms with Gasteiger partial charge in [-0.05, 0) is 49.1 Å². The van der Waals surface area contributed by atoms with Gasteiger partial charge in [0.15, 0.2) is 11.5 Å². The van der Waals surface area contributed by atoms with Crippen molar-refractivity contribution < 1.29 is 24.2 Å². The Hall–Kier alpha value is -2.24. The lowest BCUT2D eigenvalue weighted by Crippen LogP contribution is -2.20. The molecule has 0 saturated heterocycles. The normalized spacial score (nSPS) is 24.7. The van der Waals surface area contributed by atoms with Crippen LogP contribution in [0.2, 0.25) is 0 Å². The molecule has 0 spiro atoms. The van der Waals surface area contributed by atoms with E-state index in [9.17, 15) is 14.7 Å². The molecule has 0 radical (unpaired) electrons. The zero-order chi connectivity index (χ0) is 17.3. The molecule has 2 fully saturated rings. The van der Waals surface area contributed by atoms with Gasteiger partial charge in [-0.2, -0.15) is 0 Å². The minimum Gasteiger partial charge on any atom is -0.493 e. The predicted molar refractivity (Wildman–Crippen MR) is 88.7 cm³/mol. The van der Waals surface area contributed by atoms with Crippen LogP contribution in [-0.4, -0.2) is 31.2 Å². The summed E-state index contributed by atoms with van der Waals surface area (Å²) in [5.41, 5.74) is 0.380. The third-order valence-corrected chi connectivity index (χ3v) is 5.33. The molecule has 24 heavy (non-hydrogen) atoms. The number of rotatable bonds is 6. The van der Waals surface area contributed by atoms with E-state index in [0.717, 1.165) is 12.3 Å². The van der Waals surface area contributed by atoms with Gasteiger partial charge in [-0.3, -0.25) is 4.79 Å². The Morgan fingerprint density at radius 2 is 2.00 bits per heavy atom. The molecule has 0 heterocycles. The molecule has 3 rings (SSSR count). The van der Waals surface area contributed by atoms with Gasteiger partial charge in [0.1, 0.15) is 0 Å². The first kappa shape index (κ1) is 16.6. The average Bonchev–Trinajstić information content (AvgIpc) is 3.16. The highest BCUT2D eigenvalue weighted by atomic mass is 16.5. The molecule has 1 aromatic rings. The number of amides is 1. The van der Waals surface area contributed by atoms with Crippen LogP contribution in [0.5, 0.6) is 11.5 Å². The Kier molecular flexibility index (Phi) is 4.64. The molecule has 2 aliphatic rings. The Bertz CT molecular complexity index is 657. The van der Waals surface area contributed by atoms with Gasteiger partial charge < -0.3 is 19.9 Å². The molecular formula is C18H23NO5. The lowest BCUT2D eigenvalue weighted by molar-refractivity contribution is -0.117. The third kappa shape index (κ3) is 3.18. The van der Waals surface area contributed by atoms with E-state index < -0.39 is 5.97 Å². The molecule has 2 bridgehead atoms. The van der Waals surface area contributed by atoms with E-state index in [0.29, 0.717) is 29.7 Å².